The summed E-state index contributed by atoms with van der Waals surface area (Å²) in [4.78, 5) is 9.72. The van der Waals surface area contributed by atoms with Crippen LogP contribution in [0.1, 0.15) is 30.3 Å². The molecule has 0 saturated carbocycles. The van der Waals surface area contributed by atoms with E-state index in [1.807, 2.05) is 26.0 Å². The molecule has 2 rings (SSSR count). The van der Waals surface area contributed by atoms with E-state index in [0.29, 0.717) is 0 Å². The minimum Gasteiger partial charge on any atom is -0.370 e. The molecule has 0 aromatic carbocycles. The molecule has 0 spiro atoms. The van der Waals surface area contributed by atoms with Crippen LogP contribution >= 0.6 is 22.9 Å². The third-order valence-corrected chi connectivity index (χ3v) is 4.22. The Kier molecular flexibility index (Phi) is 4.61. The first-order valence-electron chi connectivity index (χ1n) is 6.19. The maximum atomic E-state index is 5.96. The van der Waals surface area contributed by atoms with E-state index in [0.717, 1.165) is 28.1 Å². The van der Waals surface area contributed by atoms with E-state index in [1.54, 1.807) is 17.7 Å². The Morgan fingerprint density at radius 3 is 2.68 bits per heavy atom. The van der Waals surface area contributed by atoms with Gasteiger partial charge in [0.25, 0.3) is 0 Å². The molecule has 4 nitrogen and oxygen atoms in total. The zero-order valence-electron chi connectivity index (χ0n) is 11.2. The van der Waals surface area contributed by atoms with Crippen molar-refractivity contribution in [3.63, 3.8) is 0 Å². The van der Waals surface area contributed by atoms with Crippen LogP contribution in [-0.2, 0) is 0 Å². The fourth-order valence-electron chi connectivity index (χ4n) is 1.78. The molecule has 0 aliphatic carbocycles. The second-order valence-corrected chi connectivity index (χ2v) is 5.98. The predicted molar refractivity (Wildman–Crippen MR) is 82.3 cm³/mol. The average Bonchev–Trinajstić information content (AvgIpc) is 2.81. The van der Waals surface area contributed by atoms with Crippen molar-refractivity contribution in [2.75, 3.05) is 17.2 Å². The summed E-state index contributed by atoms with van der Waals surface area (Å²) in [6.45, 7) is 6.99. The van der Waals surface area contributed by atoms with Gasteiger partial charge in [-0.05, 0) is 32.9 Å². The van der Waals surface area contributed by atoms with Crippen molar-refractivity contribution in [3.8, 4) is 0 Å². The molecule has 0 saturated heterocycles. The van der Waals surface area contributed by atoms with Gasteiger partial charge in [-0.3, -0.25) is 0 Å². The predicted octanol–water partition coefficient (Wildman–Crippen LogP) is 4.10. The summed E-state index contributed by atoms with van der Waals surface area (Å²) >= 11 is 7.54. The molecule has 0 amide bonds. The maximum absolute atomic E-state index is 5.96. The van der Waals surface area contributed by atoms with E-state index in [4.69, 9.17) is 11.6 Å². The lowest BCUT2D eigenvalue weighted by atomic mass is 10.2. The van der Waals surface area contributed by atoms with Gasteiger partial charge in [-0.15, -0.1) is 11.3 Å². The Morgan fingerprint density at radius 1 is 1.32 bits per heavy atom. The Morgan fingerprint density at radius 2 is 2.05 bits per heavy atom. The highest BCUT2D eigenvalue weighted by Crippen LogP contribution is 2.29. The molecular formula is C13H17ClN4S. The fraction of sp³-hybridized carbons (Fsp3) is 0.385. The highest BCUT2D eigenvalue weighted by Gasteiger charge is 2.12. The SMILES string of the molecule is CCNc1ncnc(NC(C)c2ccc(Cl)s2)c1C. The van der Waals surface area contributed by atoms with Crippen LogP contribution in [0.4, 0.5) is 11.6 Å². The minimum absolute atomic E-state index is 0.167. The number of nitrogens with one attached hydrogen (secondary N) is 2. The second-order valence-electron chi connectivity index (χ2n) is 4.23. The fourth-order valence-corrected chi connectivity index (χ4v) is 2.84. The zero-order valence-corrected chi connectivity index (χ0v) is 12.8. The van der Waals surface area contributed by atoms with Crippen molar-refractivity contribution in [1.29, 1.82) is 0 Å². The van der Waals surface area contributed by atoms with E-state index < -0.39 is 0 Å². The van der Waals surface area contributed by atoms with Crippen LogP contribution in [0.15, 0.2) is 18.5 Å². The summed E-state index contributed by atoms with van der Waals surface area (Å²) in [6.07, 6.45) is 1.57. The van der Waals surface area contributed by atoms with Gasteiger partial charge in [-0.1, -0.05) is 11.6 Å². The lowest BCUT2D eigenvalue weighted by Gasteiger charge is -2.16. The summed E-state index contributed by atoms with van der Waals surface area (Å²) in [5, 5.41) is 6.62. The van der Waals surface area contributed by atoms with Gasteiger partial charge in [0.05, 0.1) is 10.4 Å². The summed E-state index contributed by atoms with van der Waals surface area (Å²) in [5.74, 6) is 1.72. The molecule has 0 bridgehead atoms. The third kappa shape index (κ3) is 3.36. The molecule has 0 aliphatic heterocycles. The number of anilines is 2. The number of hydrogen-bond donors (Lipinski definition) is 2. The first kappa shape index (κ1) is 14.1. The molecule has 2 aromatic rings. The van der Waals surface area contributed by atoms with Crippen LogP contribution in [0.5, 0.6) is 0 Å². The van der Waals surface area contributed by atoms with Gasteiger partial charge in [0.15, 0.2) is 0 Å². The first-order chi connectivity index (χ1) is 9.11. The molecule has 0 fully saturated rings. The quantitative estimate of drug-likeness (QED) is 0.872. The molecular weight excluding hydrogens is 280 g/mol. The van der Waals surface area contributed by atoms with E-state index in [2.05, 4.69) is 27.5 Å². The van der Waals surface area contributed by atoms with Gasteiger partial charge < -0.3 is 10.6 Å². The molecule has 2 heterocycles. The van der Waals surface area contributed by atoms with Crippen molar-refractivity contribution in [2.24, 2.45) is 0 Å². The van der Waals surface area contributed by atoms with E-state index in [9.17, 15) is 0 Å². The number of halogens is 1. The van der Waals surface area contributed by atoms with E-state index in [-0.39, 0.29) is 6.04 Å². The number of thiophene rings is 1. The number of aromatic nitrogens is 2. The van der Waals surface area contributed by atoms with Gasteiger partial charge >= 0.3 is 0 Å². The largest absolute Gasteiger partial charge is 0.370 e. The molecule has 1 unspecified atom stereocenters. The lowest BCUT2D eigenvalue weighted by Crippen LogP contribution is -2.10. The normalized spacial score (nSPS) is 12.2. The standard InChI is InChI=1S/C13H17ClN4S/c1-4-15-12-8(2)13(17-7-16-12)18-9(3)10-5-6-11(14)19-10/h5-7,9H,4H2,1-3H3,(H2,15,16,17,18). The van der Waals surface area contributed by atoms with Crippen molar-refractivity contribution >= 4 is 34.6 Å². The second kappa shape index (κ2) is 6.21. The Labute approximate surface area is 122 Å². The summed E-state index contributed by atoms with van der Waals surface area (Å²) in [7, 11) is 0. The Bertz CT molecular complexity index is 555. The zero-order chi connectivity index (χ0) is 13.8. The molecule has 102 valence electrons. The molecule has 6 heteroatoms. The Hall–Kier alpha value is -1.33. The highest BCUT2D eigenvalue weighted by molar-refractivity contribution is 7.16. The van der Waals surface area contributed by atoms with Crippen LogP contribution in [0, 0.1) is 6.92 Å². The third-order valence-electron chi connectivity index (χ3n) is 2.80. The highest BCUT2D eigenvalue weighted by atomic mass is 35.5. The van der Waals surface area contributed by atoms with Crippen LogP contribution in [0.3, 0.4) is 0 Å². The number of rotatable bonds is 5. The molecule has 2 N–H and O–H groups in total. The van der Waals surface area contributed by atoms with Gasteiger partial charge in [0.2, 0.25) is 0 Å². The Balaban J connectivity index is 2.16. The molecule has 0 radical (unpaired) electrons. The van der Waals surface area contributed by atoms with E-state index >= 15 is 0 Å². The maximum Gasteiger partial charge on any atom is 0.134 e. The average molecular weight is 297 g/mol. The monoisotopic (exact) mass is 296 g/mol. The lowest BCUT2D eigenvalue weighted by molar-refractivity contribution is 0.888. The topological polar surface area (TPSA) is 49.8 Å². The number of nitrogens with zero attached hydrogens (tertiary/aromatic N) is 2. The van der Waals surface area contributed by atoms with Gasteiger partial charge in [-0.25, -0.2) is 9.97 Å². The molecule has 19 heavy (non-hydrogen) atoms. The molecule has 0 aliphatic rings. The summed E-state index contributed by atoms with van der Waals surface area (Å²) in [5.41, 5.74) is 1.03. The first-order valence-corrected chi connectivity index (χ1v) is 7.38. The van der Waals surface area contributed by atoms with Crippen LogP contribution < -0.4 is 10.6 Å². The molecule has 1 atom stereocenters. The number of hydrogen-bond acceptors (Lipinski definition) is 5. The van der Waals surface area contributed by atoms with Crippen LogP contribution in [0.2, 0.25) is 4.34 Å². The van der Waals surface area contributed by atoms with Crippen molar-refractivity contribution < 1.29 is 0 Å². The van der Waals surface area contributed by atoms with Gasteiger partial charge in [0, 0.05) is 17.0 Å². The summed E-state index contributed by atoms with van der Waals surface area (Å²) in [6, 6.07) is 4.11. The van der Waals surface area contributed by atoms with Gasteiger partial charge in [-0.2, -0.15) is 0 Å². The van der Waals surface area contributed by atoms with Crippen molar-refractivity contribution in [3.05, 3.63) is 33.2 Å². The molecule has 2 aromatic heterocycles. The minimum atomic E-state index is 0.167. The van der Waals surface area contributed by atoms with Crippen molar-refractivity contribution in [2.45, 2.75) is 26.8 Å². The summed E-state index contributed by atoms with van der Waals surface area (Å²) < 4.78 is 0.802. The van der Waals surface area contributed by atoms with Crippen LogP contribution in [0.25, 0.3) is 0 Å². The smallest absolute Gasteiger partial charge is 0.134 e. The van der Waals surface area contributed by atoms with Crippen LogP contribution in [-0.4, -0.2) is 16.5 Å². The van der Waals surface area contributed by atoms with E-state index in [1.165, 1.54) is 4.88 Å². The van der Waals surface area contributed by atoms with Gasteiger partial charge in [0.1, 0.15) is 18.0 Å². The van der Waals surface area contributed by atoms with Crippen molar-refractivity contribution in [1.82, 2.24) is 9.97 Å².